The monoisotopic (exact) mass is 387 g/mol. The Balaban J connectivity index is 1.29. The number of likely N-dealkylation sites (tertiary alicyclic amines) is 2. The first-order valence-corrected chi connectivity index (χ1v) is 10.2. The van der Waals surface area contributed by atoms with Crippen molar-refractivity contribution < 1.29 is 14.7 Å². The molecule has 0 spiro atoms. The van der Waals surface area contributed by atoms with E-state index in [0.717, 1.165) is 43.9 Å². The van der Waals surface area contributed by atoms with Gasteiger partial charge in [0.2, 0.25) is 5.91 Å². The van der Waals surface area contributed by atoms with E-state index < -0.39 is 5.60 Å². The van der Waals surface area contributed by atoms with Crippen molar-refractivity contribution in [2.75, 3.05) is 51.1 Å². The lowest BCUT2D eigenvalue weighted by molar-refractivity contribution is -0.125. The van der Waals surface area contributed by atoms with Crippen LogP contribution in [-0.2, 0) is 11.2 Å². The number of rotatable bonds is 6. The summed E-state index contributed by atoms with van der Waals surface area (Å²) in [4.78, 5) is 33.2. The number of aromatic nitrogens is 1. The Morgan fingerprint density at radius 2 is 2.25 bits per heavy atom. The van der Waals surface area contributed by atoms with Crippen LogP contribution in [0, 0.1) is 5.92 Å². The molecule has 0 aliphatic carbocycles. The molecule has 2 amide bonds. The molecule has 2 saturated heterocycles. The van der Waals surface area contributed by atoms with Gasteiger partial charge in [-0.1, -0.05) is 13.3 Å². The normalized spacial score (nSPS) is 24.6. The van der Waals surface area contributed by atoms with Crippen LogP contribution in [0.4, 0.5) is 5.82 Å². The summed E-state index contributed by atoms with van der Waals surface area (Å²) in [7, 11) is 0. The van der Waals surface area contributed by atoms with E-state index in [1.54, 1.807) is 17.2 Å². The van der Waals surface area contributed by atoms with Gasteiger partial charge in [-0.3, -0.25) is 14.5 Å². The molecule has 1 atom stereocenters. The van der Waals surface area contributed by atoms with Crippen LogP contribution >= 0.6 is 0 Å². The molecule has 2 fully saturated rings. The molecule has 28 heavy (non-hydrogen) atoms. The van der Waals surface area contributed by atoms with Crippen LogP contribution in [0.2, 0.25) is 0 Å². The number of amides is 2. The van der Waals surface area contributed by atoms with Crippen LogP contribution in [0.5, 0.6) is 0 Å². The first kappa shape index (κ1) is 19.1. The van der Waals surface area contributed by atoms with Crippen LogP contribution < -0.4 is 10.6 Å². The SMILES string of the molecule is CCC1CN(CC(=O)NCC2(O)CCN(C(=O)c3ccnc4c3CCN4)C2)C1. The molecule has 4 rings (SSSR count). The van der Waals surface area contributed by atoms with Gasteiger partial charge in [-0.25, -0.2) is 4.98 Å². The second kappa shape index (κ2) is 7.67. The number of hydrogen-bond acceptors (Lipinski definition) is 6. The Hall–Kier alpha value is -2.19. The number of carbonyl (C=O) groups is 2. The highest BCUT2D eigenvalue weighted by atomic mass is 16.3. The Morgan fingerprint density at radius 1 is 1.43 bits per heavy atom. The van der Waals surface area contributed by atoms with Gasteiger partial charge in [0, 0.05) is 50.0 Å². The Bertz CT molecular complexity index is 764. The van der Waals surface area contributed by atoms with Crippen LogP contribution in [0.1, 0.15) is 35.7 Å². The van der Waals surface area contributed by atoms with E-state index in [4.69, 9.17) is 0 Å². The zero-order chi connectivity index (χ0) is 19.7. The highest BCUT2D eigenvalue weighted by molar-refractivity contribution is 5.97. The van der Waals surface area contributed by atoms with Gasteiger partial charge < -0.3 is 20.6 Å². The Kier molecular flexibility index (Phi) is 5.25. The fourth-order valence-electron chi connectivity index (χ4n) is 4.33. The summed E-state index contributed by atoms with van der Waals surface area (Å²) in [5, 5.41) is 16.9. The number of anilines is 1. The molecule has 1 aromatic rings. The second-order valence-electron chi connectivity index (χ2n) is 8.31. The first-order chi connectivity index (χ1) is 13.5. The van der Waals surface area contributed by atoms with Gasteiger partial charge in [0.1, 0.15) is 11.4 Å². The molecule has 3 aliphatic heterocycles. The maximum atomic E-state index is 12.9. The number of hydrogen-bond donors (Lipinski definition) is 3. The molecular formula is C20H29N5O3. The average Bonchev–Trinajstić information content (AvgIpc) is 3.29. The molecule has 8 heteroatoms. The molecule has 0 saturated carbocycles. The molecule has 0 aromatic carbocycles. The number of nitrogens with one attached hydrogen (secondary N) is 2. The summed E-state index contributed by atoms with van der Waals surface area (Å²) in [6.07, 6.45) is 4.05. The number of aliphatic hydroxyl groups is 1. The minimum atomic E-state index is -1.07. The molecule has 3 N–H and O–H groups in total. The third-order valence-corrected chi connectivity index (χ3v) is 6.17. The number of carbonyl (C=O) groups excluding carboxylic acids is 2. The molecular weight excluding hydrogens is 358 g/mol. The van der Waals surface area contributed by atoms with Gasteiger partial charge in [-0.15, -0.1) is 0 Å². The zero-order valence-electron chi connectivity index (χ0n) is 16.4. The maximum absolute atomic E-state index is 12.9. The van der Waals surface area contributed by atoms with Gasteiger partial charge in [0.15, 0.2) is 0 Å². The van der Waals surface area contributed by atoms with Crippen molar-refractivity contribution in [3.8, 4) is 0 Å². The van der Waals surface area contributed by atoms with E-state index in [1.165, 1.54) is 0 Å². The number of pyridine rings is 1. The first-order valence-electron chi connectivity index (χ1n) is 10.2. The van der Waals surface area contributed by atoms with Crippen LogP contribution in [-0.4, -0.2) is 83.1 Å². The zero-order valence-corrected chi connectivity index (χ0v) is 16.4. The van der Waals surface area contributed by atoms with E-state index in [2.05, 4.69) is 27.4 Å². The highest BCUT2D eigenvalue weighted by Crippen LogP contribution is 2.27. The quantitative estimate of drug-likeness (QED) is 0.640. The van der Waals surface area contributed by atoms with Crippen molar-refractivity contribution in [2.45, 2.75) is 31.8 Å². The lowest BCUT2D eigenvalue weighted by Crippen LogP contribution is -2.52. The predicted octanol–water partition coefficient (Wildman–Crippen LogP) is 0.0846. The second-order valence-corrected chi connectivity index (χ2v) is 8.31. The van der Waals surface area contributed by atoms with E-state index in [9.17, 15) is 14.7 Å². The lowest BCUT2D eigenvalue weighted by atomic mass is 9.97. The predicted molar refractivity (Wildman–Crippen MR) is 105 cm³/mol. The van der Waals surface area contributed by atoms with Crippen LogP contribution in [0.15, 0.2) is 12.3 Å². The minimum absolute atomic E-state index is 0.0641. The summed E-state index contributed by atoms with van der Waals surface area (Å²) in [5.41, 5.74) is 0.545. The molecule has 152 valence electrons. The summed E-state index contributed by atoms with van der Waals surface area (Å²) in [6, 6.07) is 1.75. The van der Waals surface area contributed by atoms with Crippen LogP contribution in [0.3, 0.4) is 0 Å². The third-order valence-electron chi connectivity index (χ3n) is 6.17. The van der Waals surface area contributed by atoms with Gasteiger partial charge >= 0.3 is 0 Å². The topological polar surface area (TPSA) is 97.8 Å². The molecule has 8 nitrogen and oxygen atoms in total. The average molecular weight is 387 g/mol. The van der Waals surface area contributed by atoms with E-state index >= 15 is 0 Å². The largest absolute Gasteiger partial charge is 0.386 e. The summed E-state index contributed by atoms with van der Waals surface area (Å²) in [6.45, 7) is 6.18. The maximum Gasteiger partial charge on any atom is 0.254 e. The standard InChI is InChI=1S/C20H29N5O3/c1-2-14-9-24(10-14)11-17(26)23-12-20(28)5-8-25(13-20)19(27)16-4-7-22-18-15(16)3-6-21-18/h4,7,14,28H,2-3,5-6,8-13H2,1H3,(H,21,22)(H,23,26). The van der Waals surface area contributed by atoms with E-state index in [0.29, 0.717) is 31.0 Å². The van der Waals surface area contributed by atoms with Crippen molar-refractivity contribution in [1.82, 2.24) is 20.1 Å². The minimum Gasteiger partial charge on any atom is -0.386 e. The molecule has 4 heterocycles. The van der Waals surface area contributed by atoms with Gasteiger partial charge in [0.25, 0.3) is 5.91 Å². The van der Waals surface area contributed by atoms with Crippen molar-refractivity contribution in [3.05, 3.63) is 23.4 Å². The van der Waals surface area contributed by atoms with Crippen molar-refractivity contribution in [1.29, 1.82) is 0 Å². The summed E-state index contributed by atoms with van der Waals surface area (Å²) < 4.78 is 0. The summed E-state index contributed by atoms with van der Waals surface area (Å²) in [5.74, 6) is 1.35. The fourth-order valence-corrected chi connectivity index (χ4v) is 4.33. The van der Waals surface area contributed by atoms with E-state index in [-0.39, 0.29) is 24.9 Å². The summed E-state index contributed by atoms with van der Waals surface area (Å²) >= 11 is 0. The highest BCUT2D eigenvalue weighted by Gasteiger charge is 2.39. The van der Waals surface area contributed by atoms with Crippen molar-refractivity contribution >= 4 is 17.6 Å². The lowest BCUT2D eigenvalue weighted by Gasteiger charge is -2.38. The number of nitrogens with zero attached hydrogens (tertiary/aromatic N) is 3. The van der Waals surface area contributed by atoms with Crippen molar-refractivity contribution in [2.24, 2.45) is 5.92 Å². The van der Waals surface area contributed by atoms with E-state index in [1.807, 2.05) is 0 Å². The smallest absolute Gasteiger partial charge is 0.254 e. The molecule has 3 aliphatic rings. The molecule has 0 radical (unpaired) electrons. The number of β-amino-alcohol motifs (C(OH)–C–C–N with tert-alkyl or cyclic N) is 1. The van der Waals surface area contributed by atoms with Gasteiger partial charge in [0.05, 0.1) is 13.1 Å². The molecule has 1 aromatic heterocycles. The fraction of sp³-hybridized carbons (Fsp3) is 0.650. The van der Waals surface area contributed by atoms with Crippen molar-refractivity contribution in [3.63, 3.8) is 0 Å². The Morgan fingerprint density at radius 3 is 3.04 bits per heavy atom. The van der Waals surface area contributed by atoms with Crippen LogP contribution in [0.25, 0.3) is 0 Å². The van der Waals surface area contributed by atoms with Gasteiger partial charge in [-0.05, 0) is 24.8 Å². The Labute approximate surface area is 165 Å². The molecule has 0 bridgehead atoms. The number of fused-ring (bicyclic) bond motifs is 1. The third kappa shape index (κ3) is 3.84. The molecule has 1 unspecified atom stereocenters. The van der Waals surface area contributed by atoms with Gasteiger partial charge in [-0.2, -0.15) is 0 Å².